The Labute approximate surface area is 258 Å². The van der Waals surface area contributed by atoms with Gasteiger partial charge >= 0.3 is 11.9 Å². The van der Waals surface area contributed by atoms with Gasteiger partial charge in [-0.1, -0.05) is 140 Å². The minimum Gasteiger partial charge on any atom is -0.462 e. The zero-order valence-electron chi connectivity index (χ0n) is 27.2. The number of aliphatic hydroxyl groups excluding tert-OH is 1. The number of allylic oxidation sites excluding steroid dienone is 8. The van der Waals surface area contributed by atoms with Crippen LogP contribution in [0.15, 0.2) is 48.6 Å². The van der Waals surface area contributed by atoms with Gasteiger partial charge in [-0.3, -0.25) is 9.59 Å². The number of carbonyl (C=O) groups is 2. The predicted molar refractivity (Wildman–Crippen MR) is 177 cm³/mol. The standard InChI is InChI=1S/C37H64O5/c1-3-5-7-9-11-13-15-16-17-18-19-20-22-24-26-28-30-32-37(40)42-35(33-38)34-41-36(39)31-29-27-25-23-21-14-12-10-8-6-4-2/h5,7,11,13,16-17,19-20,35,38H,3-4,6,8-10,12,14-15,18,21-34H2,1-2H3. The maximum atomic E-state index is 12.1. The number of hydrogen-bond donors (Lipinski definition) is 1. The van der Waals surface area contributed by atoms with E-state index in [0.717, 1.165) is 77.0 Å². The fourth-order valence-electron chi connectivity index (χ4n) is 4.54. The summed E-state index contributed by atoms with van der Waals surface area (Å²) in [5.74, 6) is -0.622. The largest absolute Gasteiger partial charge is 0.462 e. The summed E-state index contributed by atoms with van der Waals surface area (Å²) in [6, 6.07) is 0. The Morgan fingerprint density at radius 3 is 1.55 bits per heavy atom. The van der Waals surface area contributed by atoms with Gasteiger partial charge in [0.1, 0.15) is 6.61 Å². The molecule has 1 unspecified atom stereocenters. The van der Waals surface area contributed by atoms with E-state index in [1.54, 1.807) is 0 Å². The second kappa shape index (κ2) is 33.4. The first-order chi connectivity index (χ1) is 20.6. The molecule has 0 radical (unpaired) electrons. The molecule has 0 bridgehead atoms. The third-order valence-electron chi connectivity index (χ3n) is 7.14. The molecule has 0 amide bonds. The van der Waals surface area contributed by atoms with Crippen molar-refractivity contribution in [3.05, 3.63) is 48.6 Å². The van der Waals surface area contributed by atoms with E-state index in [2.05, 4.69) is 62.5 Å². The van der Waals surface area contributed by atoms with E-state index in [-0.39, 0.29) is 25.2 Å². The Morgan fingerprint density at radius 1 is 0.571 bits per heavy atom. The molecule has 0 aliphatic heterocycles. The molecule has 0 aromatic carbocycles. The molecule has 1 N–H and O–H groups in total. The van der Waals surface area contributed by atoms with Crippen LogP contribution in [0.25, 0.3) is 0 Å². The minimum absolute atomic E-state index is 0.0754. The van der Waals surface area contributed by atoms with Crippen LogP contribution in [0.5, 0.6) is 0 Å². The van der Waals surface area contributed by atoms with Crippen molar-refractivity contribution in [2.24, 2.45) is 0 Å². The molecule has 0 spiro atoms. The summed E-state index contributed by atoms with van der Waals surface area (Å²) >= 11 is 0. The van der Waals surface area contributed by atoms with Gasteiger partial charge < -0.3 is 14.6 Å². The molecule has 0 aromatic heterocycles. The average molecular weight is 589 g/mol. The maximum absolute atomic E-state index is 12.1. The van der Waals surface area contributed by atoms with E-state index in [0.29, 0.717) is 12.8 Å². The van der Waals surface area contributed by atoms with Crippen LogP contribution in [0, 0.1) is 0 Å². The molecule has 0 saturated heterocycles. The first-order valence-electron chi connectivity index (χ1n) is 17.2. The number of carbonyl (C=O) groups excluding carboxylic acids is 2. The van der Waals surface area contributed by atoms with Gasteiger partial charge in [-0.15, -0.1) is 0 Å². The Hall–Kier alpha value is -2.14. The van der Waals surface area contributed by atoms with E-state index >= 15 is 0 Å². The second-order valence-electron chi connectivity index (χ2n) is 11.2. The zero-order valence-corrected chi connectivity index (χ0v) is 27.2. The van der Waals surface area contributed by atoms with Crippen LogP contribution in [0.1, 0.15) is 155 Å². The first kappa shape index (κ1) is 39.9. The molecular weight excluding hydrogens is 524 g/mol. The molecular formula is C37H64O5. The van der Waals surface area contributed by atoms with E-state index in [1.807, 2.05) is 0 Å². The third kappa shape index (κ3) is 30.8. The highest BCUT2D eigenvalue weighted by Gasteiger charge is 2.16. The number of esters is 2. The van der Waals surface area contributed by atoms with Gasteiger partial charge in [0, 0.05) is 12.8 Å². The van der Waals surface area contributed by atoms with Gasteiger partial charge in [0.15, 0.2) is 6.10 Å². The lowest BCUT2D eigenvalue weighted by Crippen LogP contribution is -2.28. The van der Waals surface area contributed by atoms with Crippen molar-refractivity contribution in [3.8, 4) is 0 Å². The highest BCUT2D eigenvalue weighted by molar-refractivity contribution is 5.70. The molecule has 42 heavy (non-hydrogen) atoms. The lowest BCUT2D eigenvalue weighted by Gasteiger charge is -2.15. The number of hydrogen-bond acceptors (Lipinski definition) is 5. The molecule has 0 rings (SSSR count). The van der Waals surface area contributed by atoms with Gasteiger partial charge in [0.2, 0.25) is 0 Å². The van der Waals surface area contributed by atoms with Gasteiger partial charge in [0.05, 0.1) is 6.61 Å². The molecule has 5 heteroatoms. The van der Waals surface area contributed by atoms with Crippen molar-refractivity contribution < 1.29 is 24.2 Å². The van der Waals surface area contributed by atoms with Gasteiger partial charge in [-0.2, -0.15) is 0 Å². The fraction of sp³-hybridized carbons (Fsp3) is 0.730. The molecule has 0 heterocycles. The van der Waals surface area contributed by atoms with Crippen LogP contribution in [0.2, 0.25) is 0 Å². The Bertz CT molecular complexity index is 722. The number of ether oxygens (including phenoxy) is 2. The summed E-state index contributed by atoms with van der Waals surface area (Å²) in [5, 5.41) is 9.50. The zero-order chi connectivity index (χ0) is 30.8. The molecule has 0 aromatic rings. The van der Waals surface area contributed by atoms with Gasteiger partial charge in [0.25, 0.3) is 0 Å². The number of aliphatic hydroxyl groups is 1. The van der Waals surface area contributed by atoms with Crippen molar-refractivity contribution >= 4 is 11.9 Å². The quantitative estimate of drug-likeness (QED) is 0.0513. The van der Waals surface area contributed by atoms with Crippen molar-refractivity contribution in [1.82, 2.24) is 0 Å². The smallest absolute Gasteiger partial charge is 0.306 e. The number of rotatable bonds is 30. The number of unbranched alkanes of at least 4 members (excludes halogenated alkanes) is 14. The van der Waals surface area contributed by atoms with E-state index in [4.69, 9.17) is 9.47 Å². The van der Waals surface area contributed by atoms with E-state index in [1.165, 1.54) is 51.4 Å². The van der Waals surface area contributed by atoms with Crippen LogP contribution >= 0.6 is 0 Å². The summed E-state index contributed by atoms with van der Waals surface area (Å²) in [6.45, 7) is 3.98. The Balaban J connectivity index is 3.65. The second-order valence-corrected chi connectivity index (χ2v) is 11.2. The highest BCUT2D eigenvalue weighted by atomic mass is 16.6. The lowest BCUT2D eigenvalue weighted by molar-refractivity contribution is -0.161. The van der Waals surface area contributed by atoms with Crippen LogP contribution in [-0.2, 0) is 19.1 Å². The lowest BCUT2D eigenvalue weighted by atomic mass is 10.1. The summed E-state index contributed by atoms with van der Waals surface area (Å²) in [5.41, 5.74) is 0. The molecule has 0 aliphatic rings. The van der Waals surface area contributed by atoms with Crippen LogP contribution in [-0.4, -0.2) is 36.4 Å². The molecule has 0 fully saturated rings. The van der Waals surface area contributed by atoms with Crippen LogP contribution in [0.4, 0.5) is 0 Å². The Morgan fingerprint density at radius 2 is 1.02 bits per heavy atom. The average Bonchev–Trinajstić information content (AvgIpc) is 2.99. The highest BCUT2D eigenvalue weighted by Crippen LogP contribution is 2.13. The predicted octanol–water partition coefficient (Wildman–Crippen LogP) is 10.3. The molecule has 1 atom stereocenters. The summed E-state index contributed by atoms with van der Waals surface area (Å²) in [6.07, 6.45) is 40.2. The maximum Gasteiger partial charge on any atom is 0.306 e. The fourth-order valence-corrected chi connectivity index (χ4v) is 4.54. The van der Waals surface area contributed by atoms with Crippen LogP contribution in [0.3, 0.4) is 0 Å². The first-order valence-corrected chi connectivity index (χ1v) is 17.2. The summed E-state index contributed by atoms with van der Waals surface area (Å²) in [4.78, 5) is 24.1. The van der Waals surface area contributed by atoms with Gasteiger partial charge in [-0.05, 0) is 51.4 Å². The van der Waals surface area contributed by atoms with Crippen molar-refractivity contribution in [2.75, 3.05) is 13.2 Å². The summed E-state index contributed by atoms with van der Waals surface area (Å²) in [7, 11) is 0. The third-order valence-corrected chi connectivity index (χ3v) is 7.14. The molecule has 5 nitrogen and oxygen atoms in total. The summed E-state index contributed by atoms with van der Waals surface area (Å²) < 4.78 is 10.5. The monoisotopic (exact) mass is 588 g/mol. The SMILES string of the molecule is CCC=CCC=CCC=CCC=CCCCCCCC(=O)OC(CO)COC(=O)CCCCCCCCCCCCC. The van der Waals surface area contributed by atoms with E-state index in [9.17, 15) is 14.7 Å². The Kier molecular flexibility index (Phi) is 31.7. The van der Waals surface area contributed by atoms with E-state index < -0.39 is 6.10 Å². The van der Waals surface area contributed by atoms with Gasteiger partial charge in [-0.25, -0.2) is 0 Å². The normalized spacial score (nSPS) is 12.7. The molecule has 0 saturated carbocycles. The van der Waals surface area contributed by atoms with Crippen molar-refractivity contribution in [1.29, 1.82) is 0 Å². The molecule has 242 valence electrons. The van der Waals surface area contributed by atoms with Crippen molar-refractivity contribution in [2.45, 2.75) is 161 Å². The van der Waals surface area contributed by atoms with Crippen molar-refractivity contribution in [3.63, 3.8) is 0 Å². The van der Waals surface area contributed by atoms with Crippen LogP contribution < -0.4 is 0 Å². The minimum atomic E-state index is -0.781. The topological polar surface area (TPSA) is 72.8 Å². The molecule has 0 aliphatic carbocycles.